The second-order valence-corrected chi connectivity index (χ2v) is 6.63. The van der Waals surface area contributed by atoms with Gasteiger partial charge in [-0.05, 0) is 44.8 Å². The van der Waals surface area contributed by atoms with E-state index in [1.165, 1.54) is 12.8 Å². The molecule has 1 N–H and O–H groups in total. The highest BCUT2D eigenvalue weighted by atomic mass is 32.2. The normalized spacial score (nSPS) is 32.5. The lowest BCUT2D eigenvalue weighted by atomic mass is 9.85. The zero-order valence-electron chi connectivity index (χ0n) is 10.1. The predicted molar refractivity (Wildman–Crippen MR) is 65.3 cm³/mol. The first-order valence-electron chi connectivity index (χ1n) is 6.30. The highest BCUT2D eigenvalue weighted by Crippen LogP contribution is 2.46. The first-order valence-corrected chi connectivity index (χ1v) is 7.53. The van der Waals surface area contributed by atoms with Crippen LogP contribution in [0, 0.1) is 5.92 Å². The molecule has 0 bridgehead atoms. The Bertz CT molecular complexity index is 255. The van der Waals surface area contributed by atoms with Gasteiger partial charge < -0.3 is 5.32 Å². The van der Waals surface area contributed by atoms with Gasteiger partial charge in [0, 0.05) is 17.3 Å². The molecule has 2 fully saturated rings. The molecule has 2 aliphatic rings. The number of rotatable bonds is 4. The van der Waals surface area contributed by atoms with Crippen molar-refractivity contribution in [3.05, 3.63) is 0 Å². The van der Waals surface area contributed by atoms with Gasteiger partial charge in [-0.3, -0.25) is 0 Å². The van der Waals surface area contributed by atoms with Gasteiger partial charge in [0.25, 0.3) is 0 Å². The Kier molecular flexibility index (Phi) is 3.98. The smallest absolute Gasteiger partial charge is 0.313 e. The predicted octanol–water partition coefficient (Wildman–Crippen LogP) is 3.59. The van der Waals surface area contributed by atoms with Crippen LogP contribution in [-0.2, 0) is 0 Å². The summed E-state index contributed by atoms with van der Waals surface area (Å²) in [5.74, 6) is -1.06. The molecule has 2 rings (SSSR count). The van der Waals surface area contributed by atoms with Crippen molar-refractivity contribution >= 4 is 11.8 Å². The molecule has 0 aromatic heterocycles. The molecule has 2 saturated carbocycles. The molecule has 0 aromatic carbocycles. The molecule has 1 nitrogen and oxygen atoms in total. The molecular formula is C12H20F3NS. The fourth-order valence-electron chi connectivity index (χ4n) is 2.55. The van der Waals surface area contributed by atoms with Gasteiger partial charge in [0.1, 0.15) is 0 Å². The molecule has 0 aromatic rings. The summed E-state index contributed by atoms with van der Waals surface area (Å²) in [4.78, 5) is 0. The number of alkyl halides is 3. The lowest BCUT2D eigenvalue weighted by molar-refractivity contribution is -0.182. The Hall–Kier alpha value is 0.100. The molecule has 0 radical (unpaired) electrons. The SMILES string of the molecule is CSC1(CNC2CCC(C(F)(F)F)CC2)CC1. The van der Waals surface area contributed by atoms with Crippen LogP contribution in [-0.4, -0.2) is 29.8 Å². The van der Waals surface area contributed by atoms with E-state index in [9.17, 15) is 13.2 Å². The van der Waals surface area contributed by atoms with Gasteiger partial charge in [-0.2, -0.15) is 24.9 Å². The second kappa shape index (κ2) is 5.00. The van der Waals surface area contributed by atoms with Gasteiger partial charge in [0.15, 0.2) is 0 Å². The summed E-state index contributed by atoms with van der Waals surface area (Å²) < 4.78 is 37.9. The minimum atomic E-state index is -3.98. The molecule has 100 valence electrons. The Balaban J connectivity index is 1.69. The first kappa shape index (κ1) is 13.5. The van der Waals surface area contributed by atoms with Crippen molar-refractivity contribution in [2.45, 2.75) is 55.5 Å². The first-order chi connectivity index (χ1) is 7.95. The summed E-state index contributed by atoms with van der Waals surface area (Å²) >= 11 is 1.89. The van der Waals surface area contributed by atoms with Crippen molar-refractivity contribution in [1.29, 1.82) is 0 Å². The van der Waals surface area contributed by atoms with Crippen molar-refractivity contribution in [2.24, 2.45) is 5.92 Å². The lowest BCUT2D eigenvalue weighted by Crippen LogP contribution is -2.40. The van der Waals surface area contributed by atoms with Crippen molar-refractivity contribution in [2.75, 3.05) is 12.8 Å². The molecule has 0 atom stereocenters. The van der Waals surface area contributed by atoms with Crippen LogP contribution >= 0.6 is 11.8 Å². The van der Waals surface area contributed by atoms with Gasteiger partial charge >= 0.3 is 6.18 Å². The molecule has 0 amide bonds. The molecule has 5 heteroatoms. The molecule has 0 spiro atoms. The van der Waals surface area contributed by atoms with Gasteiger partial charge in [0.2, 0.25) is 0 Å². The van der Waals surface area contributed by atoms with Crippen molar-refractivity contribution in [3.63, 3.8) is 0 Å². The fourth-order valence-corrected chi connectivity index (χ4v) is 3.29. The van der Waals surface area contributed by atoms with E-state index in [0.717, 1.165) is 6.54 Å². The third-order valence-corrected chi connectivity index (χ3v) is 5.56. The minimum absolute atomic E-state index is 0.299. The van der Waals surface area contributed by atoms with E-state index in [0.29, 0.717) is 36.5 Å². The maximum absolute atomic E-state index is 12.5. The zero-order chi connectivity index (χ0) is 12.5. The maximum atomic E-state index is 12.5. The highest BCUT2D eigenvalue weighted by Gasteiger charge is 2.44. The quantitative estimate of drug-likeness (QED) is 0.835. The molecule has 0 saturated heterocycles. The average Bonchev–Trinajstić information content (AvgIpc) is 3.06. The molecule has 2 aliphatic carbocycles. The third-order valence-electron chi connectivity index (χ3n) is 4.14. The van der Waals surface area contributed by atoms with Crippen molar-refractivity contribution in [3.8, 4) is 0 Å². The average molecular weight is 267 g/mol. The van der Waals surface area contributed by atoms with Gasteiger partial charge in [0.05, 0.1) is 5.92 Å². The van der Waals surface area contributed by atoms with E-state index in [4.69, 9.17) is 0 Å². The molecule has 0 heterocycles. The minimum Gasteiger partial charge on any atom is -0.313 e. The number of hydrogen-bond donors (Lipinski definition) is 1. The highest BCUT2D eigenvalue weighted by molar-refractivity contribution is 8.00. The summed E-state index contributed by atoms with van der Waals surface area (Å²) in [5, 5.41) is 3.46. The summed E-state index contributed by atoms with van der Waals surface area (Å²) in [7, 11) is 0. The van der Waals surface area contributed by atoms with E-state index < -0.39 is 12.1 Å². The zero-order valence-corrected chi connectivity index (χ0v) is 11.0. The molecular weight excluding hydrogens is 247 g/mol. The van der Waals surface area contributed by atoms with E-state index in [-0.39, 0.29) is 0 Å². The van der Waals surface area contributed by atoms with Crippen molar-refractivity contribution < 1.29 is 13.2 Å². The molecule has 0 unspecified atom stereocenters. The third kappa shape index (κ3) is 3.53. The van der Waals surface area contributed by atoms with E-state index >= 15 is 0 Å². The molecule has 17 heavy (non-hydrogen) atoms. The van der Waals surface area contributed by atoms with Crippen LogP contribution in [0.5, 0.6) is 0 Å². The van der Waals surface area contributed by atoms with Crippen LogP contribution in [0.3, 0.4) is 0 Å². The van der Waals surface area contributed by atoms with Crippen LogP contribution in [0.25, 0.3) is 0 Å². The largest absolute Gasteiger partial charge is 0.391 e. The summed E-state index contributed by atoms with van der Waals surface area (Å²) in [6.07, 6.45) is 2.58. The monoisotopic (exact) mass is 267 g/mol. The molecule has 0 aliphatic heterocycles. The van der Waals surface area contributed by atoms with Gasteiger partial charge in [-0.15, -0.1) is 0 Å². The van der Waals surface area contributed by atoms with Crippen molar-refractivity contribution in [1.82, 2.24) is 5.32 Å². The topological polar surface area (TPSA) is 12.0 Å². The van der Waals surface area contributed by atoms with Crippen LogP contribution < -0.4 is 5.32 Å². The van der Waals surface area contributed by atoms with E-state index in [2.05, 4.69) is 11.6 Å². The van der Waals surface area contributed by atoms with Crippen LogP contribution in [0.15, 0.2) is 0 Å². The Labute approximate surface area is 105 Å². The van der Waals surface area contributed by atoms with E-state index in [1.54, 1.807) is 0 Å². The Morgan fingerprint density at radius 1 is 1.18 bits per heavy atom. The Morgan fingerprint density at radius 2 is 1.76 bits per heavy atom. The number of halogens is 3. The number of hydrogen-bond acceptors (Lipinski definition) is 2. The van der Waals surface area contributed by atoms with E-state index in [1.807, 2.05) is 11.8 Å². The second-order valence-electron chi connectivity index (χ2n) is 5.36. The fraction of sp³-hybridized carbons (Fsp3) is 1.00. The standard InChI is InChI=1S/C12H20F3NS/c1-17-11(6-7-11)8-16-10-4-2-9(3-5-10)12(13,14)15/h9-10,16H,2-8H2,1H3. The summed E-state index contributed by atoms with van der Waals surface area (Å²) in [5.41, 5.74) is 0. The number of thioether (sulfide) groups is 1. The summed E-state index contributed by atoms with van der Waals surface area (Å²) in [6, 6.07) is 0.304. The van der Waals surface area contributed by atoms with Gasteiger partial charge in [-0.1, -0.05) is 0 Å². The summed E-state index contributed by atoms with van der Waals surface area (Å²) in [6.45, 7) is 0.968. The lowest BCUT2D eigenvalue weighted by Gasteiger charge is -2.31. The Morgan fingerprint density at radius 3 is 2.18 bits per heavy atom. The van der Waals surface area contributed by atoms with Crippen LogP contribution in [0.4, 0.5) is 13.2 Å². The van der Waals surface area contributed by atoms with Gasteiger partial charge in [-0.25, -0.2) is 0 Å². The maximum Gasteiger partial charge on any atom is 0.391 e. The van der Waals surface area contributed by atoms with Crippen LogP contribution in [0.2, 0.25) is 0 Å². The van der Waals surface area contributed by atoms with Crippen LogP contribution in [0.1, 0.15) is 38.5 Å². The number of nitrogens with one attached hydrogen (secondary N) is 1.